The van der Waals surface area contributed by atoms with E-state index < -0.39 is 0 Å². The third kappa shape index (κ3) is 4.67. The van der Waals surface area contributed by atoms with Crippen LogP contribution in [0.15, 0.2) is 197 Å². The Morgan fingerprint density at radius 1 is 0.339 bits per heavy atom. The molecule has 7 nitrogen and oxygen atoms in total. The number of rotatable bonds is 4. The molecule has 0 aliphatic carbocycles. The average molecular weight is 794 g/mol. The molecule has 0 N–H and O–H groups in total. The summed E-state index contributed by atoms with van der Waals surface area (Å²) in [7, 11) is 0. The van der Waals surface area contributed by atoms with Gasteiger partial charge in [-0.2, -0.15) is 9.97 Å². The van der Waals surface area contributed by atoms with E-state index in [0.717, 1.165) is 93.5 Å². The summed E-state index contributed by atoms with van der Waals surface area (Å²) in [5.41, 5.74) is 9.82. The Morgan fingerprint density at radius 2 is 0.887 bits per heavy atom. The molecule has 0 saturated heterocycles. The van der Waals surface area contributed by atoms with Gasteiger partial charge in [0.05, 0.1) is 33.3 Å². The molecule has 0 atom stereocenters. The van der Waals surface area contributed by atoms with E-state index in [9.17, 15) is 0 Å². The predicted octanol–water partition coefficient (Wildman–Crippen LogP) is 14.4. The van der Waals surface area contributed by atoms with Gasteiger partial charge in [0.25, 0.3) is 0 Å². The fraction of sp³-hybridized carbons (Fsp3) is 0. The number of benzene rings is 9. The molecule has 0 spiro atoms. The van der Waals surface area contributed by atoms with E-state index in [0.29, 0.717) is 17.6 Å². The number of fused-ring (bicyclic) bond motifs is 13. The molecular formula is C55H31N5O2. The van der Waals surface area contributed by atoms with Crippen molar-refractivity contribution in [1.82, 2.24) is 24.1 Å². The first-order chi connectivity index (χ1) is 30.7. The third-order valence-corrected chi connectivity index (χ3v) is 12.6. The minimum atomic E-state index is 0.505. The highest BCUT2D eigenvalue weighted by Crippen LogP contribution is 2.43. The molecule has 14 aromatic rings. The molecule has 0 aliphatic rings. The molecule has 288 valence electrons. The van der Waals surface area contributed by atoms with E-state index in [-0.39, 0.29) is 0 Å². The Labute approximate surface area is 352 Å². The van der Waals surface area contributed by atoms with Crippen LogP contribution in [0.25, 0.3) is 133 Å². The Hall–Kier alpha value is -8.55. The fourth-order valence-corrected chi connectivity index (χ4v) is 9.85. The highest BCUT2D eigenvalue weighted by atomic mass is 16.3. The molecule has 7 heteroatoms. The largest absolute Gasteiger partial charge is 0.456 e. The number of nitrogens with zero attached hydrogens (tertiary/aromatic N) is 5. The van der Waals surface area contributed by atoms with Crippen molar-refractivity contribution in [3.8, 4) is 34.4 Å². The van der Waals surface area contributed by atoms with Gasteiger partial charge in [-0.05, 0) is 65.4 Å². The molecule has 0 fully saturated rings. The van der Waals surface area contributed by atoms with Crippen molar-refractivity contribution in [2.45, 2.75) is 0 Å². The zero-order chi connectivity index (χ0) is 40.5. The van der Waals surface area contributed by atoms with Crippen molar-refractivity contribution in [1.29, 1.82) is 0 Å². The molecule has 0 unspecified atom stereocenters. The normalized spacial score (nSPS) is 12.2. The number of aromatic nitrogens is 5. The maximum Gasteiger partial charge on any atom is 0.238 e. The van der Waals surface area contributed by atoms with E-state index in [4.69, 9.17) is 23.8 Å². The lowest BCUT2D eigenvalue weighted by Crippen LogP contribution is -2.07. The predicted molar refractivity (Wildman–Crippen MR) is 251 cm³/mol. The Bertz CT molecular complexity index is 4130. The van der Waals surface area contributed by atoms with Crippen molar-refractivity contribution >= 4 is 98.3 Å². The second kappa shape index (κ2) is 12.5. The van der Waals surface area contributed by atoms with Crippen molar-refractivity contribution in [2.24, 2.45) is 0 Å². The smallest absolute Gasteiger partial charge is 0.238 e. The molecule has 9 aromatic carbocycles. The van der Waals surface area contributed by atoms with Crippen molar-refractivity contribution in [3.05, 3.63) is 188 Å². The summed E-state index contributed by atoms with van der Waals surface area (Å²) in [6, 6.07) is 65.5. The van der Waals surface area contributed by atoms with E-state index in [2.05, 4.69) is 161 Å². The zero-order valence-electron chi connectivity index (χ0n) is 33.0. The van der Waals surface area contributed by atoms with Gasteiger partial charge in [-0.1, -0.05) is 127 Å². The first kappa shape index (κ1) is 33.3. The second-order valence-electron chi connectivity index (χ2n) is 16.0. The molecule has 14 rings (SSSR count). The Balaban J connectivity index is 1.12. The molecule has 0 bridgehead atoms. The Kier molecular flexibility index (Phi) is 6.71. The molecule has 0 aliphatic heterocycles. The van der Waals surface area contributed by atoms with Crippen LogP contribution >= 0.6 is 0 Å². The van der Waals surface area contributed by atoms with Gasteiger partial charge in [-0.25, -0.2) is 4.98 Å². The summed E-state index contributed by atoms with van der Waals surface area (Å²) in [6.07, 6.45) is 0. The summed E-state index contributed by atoms with van der Waals surface area (Å²) < 4.78 is 17.9. The number of furan rings is 2. The van der Waals surface area contributed by atoms with Crippen LogP contribution in [0.3, 0.4) is 0 Å². The summed E-state index contributed by atoms with van der Waals surface area (Å²) in [4.78, 5) is 16.3. The zero-order valence-corrected chi connectivity index (χ0v) is 33.0. The van der Waals surface area contributed by atoms with Crippen LogP contribution in [-0.2, 0) is 0 Å². The van der Waals surface area contributed by atoms with E-state index >= 15 is 0 Å². The molecule has 0 radical (unpaired) electrons. The second-order valence-corrected chi connectivity index (χ2v) is 16.0. The standard InChI is InChI=1S/C55H31N5O2/c1-2-15-33-29-47-42(28-32(33)14-1)37-18-5-8-23-44(37)59(47)34-30-43(51-40-20-7-12-27-49(40)61-50(51)31-34)54-56-53(41-22-13-21-39-38-19-6-11-26-48(38)62-52(39)41)57-55(58-54)60-45-24-9-3-16-35(45)36-17-4-10-25-46(36)60/h1-31H. The van der Waals surface area contributed by atoms with Gasteiger partial charge in [0, 0.05) is 54.7 Å². The summed E-state index contributed by atoms with van der Waals surface area (Å²) in [5, 5.41) is 10.9. The lowest BCUT2D eigenvalue weighted by molar-refractivity contribution is 0.668. The van der Waals surface area contributed by atoms with Gasteiger partial charge in [-0.15, -0.1) is 0 Å². The summed E-state index contributed by atoms with van der Waals surface area (Å²) in [6.45, 7) is 0. The minimum absolute atomic E-state index is 0.505. The highest BCUT2D eigenvalue weighted by Gasteiger charge is 2.24. The lowest BCUT2D eigenvalue weighted by Gasteiger charge is -2.14. The van der Waals surface area contributed by atoms with Gasteiger partial charge >= 0.3 is 0 Å². The van der Waals surface area contributed by atoms with Crippen LogP contribution in [0.4, 0.5) is 0 Å². The van der Waals surface area contributed by atoms with Gasteiger partial charge in [0.15, 0.2) is 11.6 Å². The molecule has 5 heterocycles. The van der Waals surface area contributed by atoms with Crippen molar-refractivity contribution in [3.63, 3.8) is 0 Å². The van der Waals surface area contributed by atoms with Crippen LogP contribution in [0.1, 0.15) is 0 Å². The van der Waals surface area contributed by atoms with Crippen molar-refractivity contribution < 1.29 is 8.83 Å². The van der Waals surface area contributed by atoms with E-state index in [1.165, 1.54) is 21.5 Å². The molecule has 62 heavy (non-hydrogen) atoms. The summed E-state index contributed by atoms with van der Waals surface area (Å²) >= 11 is 0. The van der Waals surface area contributed by atoms with Crippen LogP contribution < -0.4 is 0 Å². The SMILES string of the molecule is c1ccc2cc3c(cc2c1)c1ccccc1n3-c1cc(-c2nc(-c3cccc4c3oc3ccccc34)nc(-n3c4ccccc4c4ccccc43)n2)c2c(c1)oc1ccccc12. The summed E-state index contributed by atoms with van der Waals surface area (Å²) in [5.74, 6) is 1.53. The number of hydrogen-bond acceptors (Lipinski definition) is 5. The third-order valence-electron chi connectivity index (χ3n) is 12.6. The quantitative estimate of drug-likeness (QED) is 0.177. The maximum atomic E-state index is 6.77. The molecule has 5 aromatic heterocycles. The first-order valence-corrected chi connectivity index (χ1v) is 20.8. The van der Waals surface area contributed by atoms with Gasteiger partial charge in [-0.3, -0.25) is 4.57 Å². The Morgan fingerprint density at radius 3 is 1.61 bits per heavy atom. The monoisotopic (exact) mass is 793 g/mol. The van der Waals surface area contributed by atoms with Gasteiger partial charge in [0.1, 0.15) is 22.3 Å². The van der Waals surface area contributed by atoms with E-state index in [1.807, 2.05) is 36.4 Å². The minimum Gasteiger partial charge on any atom is -0.456 e. The molecule has 0 amide bonds. The first-order valence-electron chi connectivity index (χ1n) is 20.8. The molecular weight excluding hydrogens is 763 g/mol. The maximum absolute atomic E-state index is 6.77. The average Bonchev–Trinajstić information content (AvgIpc) is 4.08. The van der Waals surface area contributed by atoms with Crippen LogP contribution in [0.2, 0.25) is 0 Å². The van der Waals surface area contributed by atoms with Crippen molar-refractivity contribution in [2.75, 3.05) is 0 Å². The molecule has 0 saturated carbocycles. The van der Waals surface area contributed by atoms with Crippen LogP contribution in [0.5, 0.6) is 0 Å². The van der Waals surface area contributed by atoms with Crippen LogP contribution in [0, 0.1) is 0 Å². The van der Waals surface area contributed by atoms with Gasteiger partial charge < -0.3 is 13.4 Å². The van der Waals surface area contributed by atoms with E-state index in [1.54, 1.807) is 0 Å². The fourth-order valence-electron chi connectivity index (χ4n) is 9.85. The topological polar surface area (TPSA) is 74.8 Å². The van der Waals surface area contributed by atoms with Gasteiger partial charge in [0.2, 0.25) is 5.95 Å². The lowest BCUT2D eigenvalue weighted by atomic mass is 10.0. The highest BCUT2D eigenvalue weighted by molar-refractivity contribution is 6.16. The van der Waals surface area contributed by atoms with Crippen LogP contribution in [-0.4, -0.2) is 24.1 Å². The number of hydrogen-bond donors (Lipinski definition) is 0. The number of para-hydroxylation sites is 6.